The van der Waals surface area contributed by atoms with Gasteiger partial charge in [0.1, 0.15) is 12.2 Å². The van der Waals surface area contributed by atoms with Crippen LogP contribution in [0.1, 0.15) is 30.5 Å². The third-order valence-corrected chi connectivity index (χ3v) is 4.67. The van der Waals surface area contributed by atoms with E-state index in [2.05, 4.69) is 15.9 Å². The number of halogens is 4. The highest BCUT2D eigenvalue weighted by atomic mass is 79.9. The van der Waals surface area contributed by atoms with Gasteiger partial charge in [0.2, 0.25) is 0 Å². The minimum Gasteiger partial charge on any atom is -0.485 e. The Balaban J connectivity index is 2.00. The number of carbonyl (C=O) groups excluding carboxylic acids is 1. The number of hydrogen-bond acceptors (Lipinski definition) is 4. The molecule has 0 radical (unpaired) electrons. The van der Waals surface area contributed by atoms with Gasteiger partial charge in [-0.15, -0.1) is 0 Å². The standard InChI is InChI=1S/C20H16BrF3O4/c1-3-14-15(20(22,23)24)4-5-17(28-11(2)25)19(14)27-10-12-8-13-6-7-26-18(13)16(21)9-12/h4-9H,3,10H2,1-2H3. The molecule has 2 aromatic carbocycles. The molecule has 28 heavy (non-hydrogen) atoms. The van der Waals surface area contributed by atoms with Crippen molar-refractivity contribution in [3.8, 4) is 11.5 Å². The number of ether oxygens (including phenoxy) is 2. The molecule has 8 heteroatoms. The number of alkyl halides is 3. The van der Waals surface area contributed by atoms with E-state index < -0.39 is 17.7 Å². The first-order valence-electron chi connectivity index (χ1n) is 8.40. The van der Waals surface area contributed by atoms with Crippen molar-refractivity contribution in [1.29, 1.82) is 0 Å². The van der Waals surface area contributed by atoms with Gasteiger partial charge in [-0.1, -0.05) is 6.92 Å². The molecule has 0 aliphatic heterocycles. The van der Waals surface area contributed by atoms with E-state index in [1.54, 1.807) is 25.3 Å². The summed E-state index contributed by atoms with van der Waals surface area (Å²) in [5.74, 6) is -0.772. The van der Waals surface area contributed by atoms with Gasteiger partial charge < -0.3 is 13.9 Å². The second-order valence-electron chi connectivity index (χ2n) is 6.07. The molecule has 0 bridgehead atoms. The van der Waals surface area contributed by atoms with E-state index in [0.29, 0.717) is 15.6 Å². The van der Waals surface area contributed by atoms with E-state index in [1.165, 1.54) is 6.92 Å². The first kappa shape index (κ1) is 20.3. The van der Waals surface area contributed by atoms with Gasteiger partial charge in [-0.25, -0.2) is 0 Å². The first-order valence-corrected chi connectivity index (χ1v) is 9.20. The van der Waals surface area contributed by atoms with Crippen molar-refractivity contribution < 1.29 is 31.9 Å². The van der Waals surface area contributed by atoms with Crippen molar-refractivity contribution in [3.63, 3.8) is 0 Å². The fourth-order valence-electron chi connectivity index (χ4n) is 2.95. The Morgan fingerprint density at radius 1 is 1.21 bits per heavy atom. The summed E-state index contributed by atoms with van der Waals surface area (Å²) in [6.07, 6.45) is -2.94. The number of fused-ring (bicyclic) bond motifs is 1. The van der Waals surface area contributed by atoms with Crippen LogP contribution >= 0.6 is 15.9 Å². The molecule has 3 rings (SSSR count). The van der Waals surface area contributed by atoms with Crippen molar-refractivity contribution in [1.82, 2.24) is 0 Å². The van der Waals surface area contributed by atoms with Gasteiger partial charge in [-0.3, -0.25) is 4.79 Å². The average molecular weight is 457 g/mol. The lowest BCUT2D eigenvalue weighted by atomic mass is 10.0. The molecule has 0 saturated heterocycles. The zero-order valence-electron chi connectivity index (χ0n) is 15.0. The van der Waals surface area contributed by atoms with Gasteiger partial charge in [-0.05, 0) is 58.2 Å². The van der Waals surface area contributed by atoms with Crippen molar-refractivity contribution in [3.05, 3.63) is 57.8 Å². The Labute approximate surface area is 167 Å². The zero-order chi connectivity index (χ0) is 20.5. The predicted octanol–water partition coefficient (Wildman–Crippen LogP) is 6.28. The summed E-state index contributed by atoms with van der Waals surface area (Å²) in [4.78, 5) is 11.4. The average Bonchev–Trinajstić information content (AvgIpc) is 3.07. The van der Waals surface area contributed by atoms with Crippen molar-refractivity contribution in [2.45, 2.75) is 33.1 Å². The Bertz CT molecular complexity index is 1020. The molecule has 0 spiro atoms. The molecule has 0 unspecified atom stereocenters. The fourth-order valence-corrected chi connectivity index (χ4v) is 3.57. The number of rotatable bonds is 5. The Hall–Kier alpha value is -2.48. The fraction of sp³-hybridized carbons (Fsp3) is 0.250. The lowest BCUT2D eigenvalue weighted by Crippen LogP contribution is -2.13. The molecule has 4 nitrogen and oxygen atoms in total. The summed E-state index contributed by atoms with van der Waals surface area (Å²) >= 11 is 3.40. The highest BCUT2D eigenvalue weighted by Gasteiger charge is 2.35. The Morgan fingerprint density at radius 3 is 2.61 bits per heavy atom. The van der Waals surface area contributed by atoms with Crippen molar-refractivity contribution in [2.24, 2.45) is 0 Å². The maximum Gasteiger partial charge on any atom is 0.416 e. The summed E-state index contributed by atoms with van der Waals surface area (Å²) in [5.41, 5.74) is 0.508. The van der Waals surface area contributed by atoms with Crippen LogP contribution in [0.15, 0.2) is 45.5 Å². The lowest BCUT2D eigenvalue weighted by Gasteiger charge is -2.19. The summed E-state index contributed by atoms with van der Waals surface area (Å²) in [6, 6.07) is 7.35. The van der Waals surface area contributed by atoms with E-state index in [9.17, 15) is 18.0 Å². The smallest absolute Gasteiger partial charge is 0.416 e. The zero-order valence-corrected chi connectivity index (χ0v) is 16.6. The van der Waals surface area contributed by atoms with Crippen LogP contribution in [-0.4, -0.2) is 5.97 Å². The van der Waals surface area contributed by atoms with Gasteiger partial charge in [0.25, 0.3) is 0 Å². The maximum atomic E-state index is 13.4. The molecule has 0 N–H and O–H groups in total. The third kappa shape index (κ3) is 4.16. The summed E-state index contributed by atoms with van der Waals surface area (Å²) < 4.78 is 57.0. The van der Waals surface area contributed by atoms with E-state index in [1.807, 2.05) is 6.07 Å². The van der Waals surface area contributed by atoms with Crippen LogP contribution in [0, 0.1) is 0 Å². The van der Waals surface area contributed by atoms with Gasteiger partial charge >= 0.3 is 12.1 Å². The number of carbonyl (C=O) groups is 1. The summed E-state index contributed by atoms with van der Waals surface area (Å²) in [7, 11) is 0. The van der Waals surface area contributed by atoms with Crippen molar-refractivity contribution in [2.75, 3.05) is 0 Å². The minimum absolute atomic E-state index is 0.0116. The van der Waals surface area contributed by atoms with Gasteiger partial charge in [0.15, 0.2) is 11.5 Å². The third-order valence-electron chi connectivity index (χ3n) is 4.09. The molecule has 1 heterocycles. The van der Waals surface area contributed by atoms with Crippen LogP contribution in [0.25, 0.3) is 11.0 Å². The molecular formula is C20H16BrF3O4. The molecule has 0 aliphatic carbocycles. The molecule has 0 aliphatic rings. The number of benzene rings is 2. The summed E-state index contributed by atoms with van der Waals surface area (Å²) in [5, 5.41) is 0.827. The van der Waals surface area contributed by atoms with E-state index in [0.717, 1.165) is 17.5 Å². The quantitative estimate of drug-likeness (QED) is 0.334. The minimum atomic E-state index is -4.54. The molecule has 0 saturated carbocycles. The molecular weight excluding hydrogens is 441 g/mol. The number of esters is 1. The highest BCUT2D eigenvalue weighted by molar-refractivity contribution is 9.10. The molecule has 0 atom stereocenters. The topological polar surface area (TPSA) is 48.7 Å². The van der Waals surface area contributed by atoms with E-state index >= 15 is 0 Å². The predicted molar refractivity (Wildman–Crippen MR) is 100 cm³/mol. The number of furan rings is 1. The molecule has 0 amide bonds. The molecule has 0 fully saturated rings. The van der Waals surface area contributed by atoms with Crippen LogP contribution in [0.5, 0.6) is 11.5 Å². The largest absolute Gasteiger partial charge is 0.485 e. The van der Waals surface area contributed by atoms with Crippen molar-refractivity contribution >= 4 is 32.9 Å². The van der Waals surface area contributed by atoms with Crippen LogP contribution < -0.4 is 9.47 Å². The van der Waals surface area contributed by atoms with Crippen LogP contribution in [0.4, 0.5) is 13.2 Å². The van der Waals surface area contributed by atoms with Gasteiger partial charge in [0.05, 0.1) is 16.3 Å². The Morgan fingerprint density at radius 2 is 1.96 bits per heavy atom. The van der Waals surface area contributed by atoms with E-state index in [-0.39, 0.29) is 30.1 Å². The second kappa shape index (κ2) is 7.87. The lowest BCUT2D eigenvalue weighted by molar-refractivity contribution is -0.138. The Kier molecular flexibility index (Phi) is 5.69. The molecule has 148 valence electrons. The SMILES string of the molecule is CCc1c(C(F)(F)F)ccc(OC(C)=O)c1OCc1cc(Br)c2occc2c1. The molecule has 1 aromatic heterocycles. The van der Waals surface area contributed by atoms with Gasteiger partial charge in [-0.2, -0.15) is 13.2 Å². The second-order valence-corrected chi connectivity index (χ2v) is 6.92. The monoisotopic (exact) mass is 456 g/mol. The van der Waals surface area contributed by atoms with Crippen LogP contribution in [0.2, 0.25) is 0 Å². The highest BCUT2D eigenvalue weighted by Crippen LogP contribution is 2.42. The number of hydrogen-bond donors (Lipinski definition) is 0. The molecule has 3 aromatic rings. The summed E-state index contributed by atoms with van der Waals surface area (Å²) in [6.45, 7) is 2.75. The van der Waals surface area contributed by atoms with Crippen LogP contribution in [0.3, 0.4) is 0 Å². The maximum absolute atomic E-state index is 13.4. The first-order chi connectivity index (χ1) is 13.2. The van der Waals surface area contributed by atoms with Crippen LogP contribution in [-0.2, 0) is 24.0 Å². The normalized spacial score (nSPS) is 11.6. The van der Waals surface area contributed by atoms with Gasteiger partial charge in [0, 0.05) is 17.9 Å². The van der Waals surface area contributed by atoms with E-state index in [4.69, 9.17) is 13.9 Å².